The number of aromatic nitrogens is 1. The normalized spacial score (nSPS) is 11.3. The summed E-state index contributed by atoms with van der Waals surface area (Å²) in [5.74, 6) is -0.721. The number of unbranched alkanes of at least 4 members (excludes halogenated alkanes) is 1. The number of aryl methyl sites for hydroxylation is 1. The van der Waals surface area contributed by atoms with Crippen molar-refractivity contribution >= 4 is 18.1 Å². The zero-order valence-electron chi connectivity index (χ0n) is 15.8. The lowest BCUT2D eigenvalue weighted by molar-refractivity contribution is -0.697. The third kappa shape index (κ3) is 7.40. The predicted molar refractivity (Wildman–Crippen MR) is 102 cm³/mol. The molecule has 2 rings (SSSR count). The number of aliphatic carboxylic acids is 1. The average Bonchev–Trinajstić information content (AvgIpc) is 2.57. The van der Waals surface area contributed by atoms with Gasteiger partial charge in [-0.3, -0.25) is 4.79 Å². The minimum atomic E-state index is -0.721. The number of hydrogen-bond acceptors (Lipinski definition) is 1. The van der Waals surface area contributed by atoms with Gasteiger partial charge in [-0.25, -0.2) is 4.57 Å². The first kappa shape index (κ1) is 21.9. The SMILES string of the molecule is CC(C)(C)c1ccc(/C=C\c2cc[n+](CCCCC(=O)O)cc2)cc1.[Cl-]. The number of carbonyl (C=O) groups is 1. The number of halogens is 1. The van der Waals surface area contributed by atoms with Gasteiger partial charge < -0.3 is 17.5 Å². The Balaban J connectivity index is 0.00000338. The lowest BCUT2D eigenvalue weighted by Crippen LogP contribution is -3.00. The Bertz CT molecular complexity index is 713. The van der Waals surface area contributed by atoms with Crippen LogP contribution in [-0.4, -0.2) is 11.1 Å². The van der Waals surface area contributed by atoms with Gasteiger partial charge in [-0.05, 0) is 28.5 Å². The summed E-state index contributed by atoms with van der Waals surface area (Å²) in [6.45, 7) is 7.52. The van der Waals surface area contributed by atoms with E-state index in [1.165, 1.54) is 11.1 Å². The van der Waals surface area contributed by atoms with Crippen molar-refractivity contribution in [3.05, 3.63) is 65.5 Å². The average molecular weight is 374 g/mol. The van der Waals surface area contributed by atoms with Crippen molar-refractivity contribution in [1.82, 2.24) is 0 Å². The Morgan fingerprint density at radius 2 is 1.50 bits per heavy atom. The molecule has 1 heterocycles. The number of hydrogen-bond donors (Lipinski definition) is 1. The first-order valence-corrected chi connectivity index (χ1v) is 8.84. The molecular weight excluding hydrogens is 346 g/mol. The molecular formula is C22H28ClNO2. The van der Waals surface area contributed by atoms with E-state index < -0.39 is 5.97 Å². The summed E-state index contributed by atoms with van der Waals surface area (Å²) in [5, 5.41) is 8.64. The largest absolute Gasteiger partial charge is 1.00 e. The summed E-state index contributed by atoms with van der Waals surface area (Å²) in [7, 11) is 0. The molecule has 0 bridgehead atoms. The standard InChI is InChI=1S/C22H27NO2.ClH/c1-22(2,3)20-11-9-18(10-12-20)7-8-19-13-16-23(17-14-19)15-5-4-6-21(24)25;/h7-14,16-17H,4-6,15H2,1-3H3;1H/b8-7-;. The van der Waals surface area contributed by atoms with Crippen molar-refractivity contribution in [2.75, 3.05) is 0 Å². The molecule has 4 heteroatoms. The van der Waals surface area contributed by atoms with E-state index in [-0.39, 0.29) is 24.2 Å². The van der Waals surface area contributed by atoms with E-state index in [2.05, 4.69) is 73.9 Å². The monoisotopic (exact) mass is 373 g/mol. The Morgan fingerprint density at radius 1 is 0.962 bits per heavy atom. The summed E-state index contributed by atoms with van der Waals surface area (Å²) in [6, 6.07) is 12.9. The van der Waals surface area contributed by atoms with Crippen LogP contribution in [-0.2, 0) is 16.8 Å². The van der Waals surface area contributed by atoms with Crippen LogP contribution in [0.1, 0.15) is 56.7 Å². The molecule has 0 aliphatic heterocycles. The van der Waals surface area contributed by atoms with Gasteiger partial charge in [-0.2, -0.15) is 0 Å². The maximum absolute atomic E-state index is 10.5. The number of rotatable bonds is 7. The molecule has 0 radical (unpaired) electrons. The van der Waals surface area contributed by atoms with Crippen molar-refractivity contribution < 1.29 is 26.9 Å². The van der Waals surface area contributed by atoms with Crippen LogP contribution in [0.5, 0.6) is 0 Å². The molecule has 0 fully saturated rings. The highest BCUT2D eigenvalue weighted by Gasteiger charge is 2.12. The maximum atomic E-state index is 10.5. The van der Waals surface area contributed by atoms with Crippen molar-refractivity contribution in [1.29, 1.82) is 0 Å². The van der Waals surface area contributed by atoms with Crippen LogP contribution in [0.2, 0.25) is 0 Å². The van der Waals surface area contributed by atoms with Crippen LogP contribution in [0.15, 0.2) is 48.8 Å². The van der Waals surface area contributed by atoms with Gasteiger partial charge in [0.1, 0.15) is 6.54 Å². The van der Waals surface area contributed by atoms with Crippen LogP contribution >= 0.6 is 0 Å². The van der Waals surface area contributed by atoms with E-state index in [0.717, 1.165) is 18.5 Å². The number of pyridine rings is 1. The van der Waals surface area contributed by atoms with Crippen LogP contribution in [0.4, 0.5) is 0 Å². The second kappa shape index (κ2) is 10.1. The fraction of sp³-hybridized carbons (Fsp3) is 0.364. The lowest BCUT2D eigenvalue weighted by atomic mass is 9.87. The fourth-order valence-electron chi connectivity index (χ4n) is 2.59. The van der Waals surface area contributed by atoms with Gasteiger partial charge in [0.05, 0.1) is 0 Å². The molecule has 0 aliphatic rings. The van der Waals surface area contributed by atoms with Crippen molar-refractivity contribution in [3.8, 4) is 0 Å². The molecule has 1 N–H and O–H groups in total. The molecule has 0 atom stereocenters. The van der Waals surface area contributed by atoms with E-state index >= 15 is 0 Å². The Kier molecular flexibility index (Phi) is 8.53. The van der Waals surface area contributed by atoms with Crippen molar-refractivity contribution in [2.24, 2.45) is 0 Å². The fourth-order valence-corrected chi connectivity index (χ4v) is 2.59. The van der Waals surface area contributed by atoms with Gasteiger partial charge in [0.25, 0.3) is 0 Å². The number of carboxylic acid groups (broad SMARTS) is 1. The summed E-state index contributed by atoms with van der Waals surface area (Å²) < 4.78 is 2.09. The topological polar surface area (TPSA) is 41.2 Å². The van der Waals surface area contributed by atoms with Crippen molar-refractivity contribution in [2.45, 2.75) is 52.0 Å². The molecule has 140 valence electrons. The van der Waals surface area contributed by atoms with E-state index in [4.69, 9.17) is 5.11 Å². The number of nitrogens with zero attached hydrogens (tertiary/aromatic N) is 1. The Hall–Kier alpha value is -2.13. The molecule has 2 aromatic rings. The van der Waals surface area contributed by atoms with Crippen LogP contribution in [0.3, 0.4) is 0 Å². The molecule has 0 saturated carbocycles. The van der Waals surface area contributed by atoms with Crippen LogP contribution in [0.25, 0.3) is 12.2 Å². The molecule has 3 nitrogen and oxygen atoms in total. The Labute approximate surface area is 162 Å². The third-order valence-corrected chi connectivity index (χ3v) is 4.22. The third-order valence-electron chi connectivity index (χ3n) is 4.22. The van der Waals surface area contributed by atoms with Gasteiger partial charge in [0.2, 0.25) is 0 Å². The zero-order chi connectivity index (χ0) is 18.3. The van der Waals surface area contributed by atoms with E-state index in [0.29, 0.717) is 6.42 Å². The van der Waals surface area contributed by atoms with E-state index in [9.17, 15) is 4.79 Å². The van der Waals surface area contributed by atoms with Crippen molar-refractivity contribution in [3.63, 3.8) is 0 Å². The minimum Gasteiger partial charge on any atom is -1.00 e. The Morgan fingerprint density at radius 3 is 2.00 bits per heavy atom. The molecule has 26 heavy (non-hydrogen) atoms. The second-order valence-electron chi connectivity index (χ2n) is 7.43. The minimum absolute atomic E-state index is 0. The first-order chi connectivity index (χ1) is 11.8. The molecule has 1 aromatic carbocycles. The van der Waals surface area contributed by atoms with Gasteiger partial charge in [0.15, 0.2) is 12.4 Å². The lowest BCUT2D eigenvalue weighted by Gasteiger charge is -2.18. The van der Waals surface area contributed by atoms with E-state index in [1.54, 1.807) is 0 Å². The maximum Gasteiger partial charge on any atom is 0.303 e. The van der Waals surface area contributed by atoms with Crippen LogP contribution < -0.4 is 17.0 Å². The summed E-state index contributed by atoms with van der Waals surface area (Å²) in [6.07, 6.45) is 10.2. The van der Waals surface area contributed by atoms with E-state index in [1.807, 2.05) is 12.4 Å². The molecule has 0 spiro atoms. The molecule has 0 amide bonds. The highest BCUT2D eigenvalue weighted by Crippen LogP contribution is 2.22. The number of benzene rings is 1. The molecule has 0 saturated heterocycles. The zero-order valence-corrected chi connectivity index (χ0v) is 16.5. The smallest absolute Gasteiger partial charge is 0.303 e. The summed E-state index contributed by atoms with van der Waals surface area (Å²) in [4.78, 5) is 10.5. The summed E-state index contributed by atoms with van der Waals surface area (Å²) >= 11 is 0. The van der Waals surface area contributed by atoms with Gasteiger partial charge in [-0.15, -0.1) is 0 Å². The summed E-state index contributed by atoms with van der Waals surface area (Å²) in [5.41, 5.74) is 3.87. The second-order valence-corrected chi connectivity index (χ2v) is 7.43. The molecule has 1 aromatic heterocycles. The molecule has 0 unspecified atom stereocenters. The highest BCUT2D eigenvalue weighted by atomic mass is 35.5. The van der Waals surface area contributed by atoms with Crippen LogP contribution in [0, 0.1) is 0 Å². The predicted octanol–water partition coefficient (Wildman–Crippen LogP) is 1.70. The first-order valence-electron chi connectivity index (χ1n) is 8.84. The highest BCUT2D eigenvalue weighted by molar-refractivity contribution is 5.69. The quantitative estimate of drug-likeness (QED) is 0.593. The van der Waals surface area contributed by atoms with Gasteiger partial charge in [0, 0.05) is 25.0 Å². The molecule has 0 aliphatic carbocycles. The number of carboxylic acids is 1. The van der Waals surface area contributed by atoms with Gasteiger partial charge >= 0.3 is 5.97 Å². The van der Waals surface area contributed by atoms with Gasteiger partial charge in [-0.1, -0.05) is 57.2 Å².